The van der Waals surface area contributed by atoms with Gasteiger partial charge < -0.3 is 10.1 Å². The molecule has 1 N–H and O–H groups in total. The smallest absolute Gasteiger partial charge is 0.124 e. The van der Waals surface area contributed by atoms with Crippen LogP contribution in [0, 0.1) is 0 Å². The molecule has 102 valence electrons. The lowest BCUT2D eigenvalue weighted by Crippen LogP contribution is -2.19. The van der Waals surface area contributed by atoms with Gasteiger partial charge in [-0.1, -0.05) is 17.7 Å². The quantitative estimate of drug-likeness (QED) is 0.819. The molecule has 19 heavy (non-hydrogen) atoms. The third-order valence-electron chi connectivity index (χ3n) is 3.67. The molecule has 3 heteroatoms. The lowest BCUT2D eigenvalue weighted by atomic mass is 10.1. The van der Waals surface area contributed by atoms with Crippen LogP contribution in [-0.4, -0.2) is 12.1 Å². The summed E-state index contributed by atoms with van der Waals surface area (Å²) in [5.74, 6) is 0.967. The Hall–Kier alpha value is -0.990. The molecule has 1 aromatic rings. The van der Waals surface area contributed by atoms with E-state index < -0.39 is 0 Å². The van der Waals surface area contributed by atoms with E-state index in [0.29, 0.717) is 6.04 Å². The summed E-state index contributed by atoms with van der Waals surface area (Å²) in [6.07, 6.45) is 10.7. The molecule has 1 unspecified atom stereocenters. The van der Waals surface area contributed by atoms with Crippen LogP contribution in [0.1, 0.15) is 37.7 Å². The van der Waals surface area contributed by atoms with Gasteiger partial charge in [-0.25, -0.2) is 0 Å². The van der Waals surface area contributed by atoms with Gasteiger partial charge in [-0.05, 0) is 56.4 Å². The number of hydrogen-bond donors (Lipinski definition) is 1. The van der Waals surface area contributed by atoms with Crippen molar-refractivity contribution in [2.45, 2.75) is 50.8 Å². The first kappa shape index (κ1) is 13.0. The van der Waals surface area contributed by atoms with Gasteiger partial charge in [0.05, 0.1) is 0 Å². The van der Waals surface area contributed by atoms with Crippen molar-refractivity contribution in [1.29, 1.82) is 0 Å². The summed E-state index contributed by atoms with van der Waals surface area (Å²) in [5.41, 5.74) is 1.17. The largest absolute Gasteiger partial charge is 0.486 e. The van der Waals surface area contributed by atoms with Gasteiger partial charge in [0.15, 0.2) is 0 Å². The fourth-order valence-electron chi connectivity index (χ4n) is 2.39. The lowest BCUT2D eigenvalue weighted by molar-refractivity contribution is 0.227. The van der Waals surface area contributed by atoms with Gasteiger partial charge in [0.25, 0.3) is 0 Å². The molecule has 2 aliphatic carbocycles. The first-order valence-corrected chi connectivity index (χ1v) is 7.54. The zero-order chi connectivity index (χ0) is 13.1. The predicted molar refractivity (Wildman–Crippen MR) is 78.7 cm³/mol. The number of halogens is 1. The first-order chi connectivity index (χ1) is 9.31. The van der Waals surface area contributed by atoms with Crippen molar-refractivity contribution < 1.29 is 4.74 Å². The van der Waals surface area contributed by atoms with E-state index in [0.717, 1.165) is 23.7 Å². The highest BCUT2D eigenvalue weighted by Gasteiger charge is 2.21. The molecular formula is C16H20ClNO. The normalized spacial score (nSPS) is 22.5. The van der Waals surface area contributed by atoms with E-state index in [-0.39, 0.29) is 6.10 Å². The first-order valence-electron chi connectivity index (χ1n) is 7.16. The Morgan fingerprint density at radius 2 is 2.16 bits per heavy atom. The van der Waals surface area contributed by atoms with Crippen LogP contribution in [0.15, 0.2) is 30.4 Å². The van der Waals surface area contributed by atoms with Crippen LogP contribution in [0.2, 0.25) is 5.02 Å². The van der Waals surface area contributed by atoms with Crippen molar-refractivity contribution >= 4 is 11.6 Å². The Kier molecular flexibility index (Phi) is 4.09. The van der Waals surface area contributed by atoms with Crippen molar-refractivity contribution in [3.8, 4) is 5.75 Å². The minimum atomic E-state index is 0.217. The fraction of sp³-hybridized carbons (Fsp3) is 0.500. The summed E-state index contributed by atoms with van der Waals surface area (Å²) < 4.78 is 6.11. The predicted octanol–water partition coefficient (Wildman–Crippen LogP) is 4.08. The van der Waals surface area contributed by atoms with E-state index in [4.69, 9.17) is 16.3 Å². The van der Waals surface area contributed by atoms with Crippen LogP contribution in [0.3, 0.4) is 0 Å². The van der Waals surface area contributed by atoms with E-state index in [1.807, 2.05) is 18.2 Å². The van der Waals surface area contributed by atoms with Crippen molar-refractivity contribution in [1.82, 2.24) is 5.32 Å². The van der Waals surface area contributed by atoms with Gasteiger partial charge >= 0.3 is 0 Å². The molecule has 0 aliphatic heterocycles. The zero-order valence-electron chi connectivity index (χ0n) is 11.1. The Labute approximate surface area is 119 Å². The van der Waals surface area contributed by atoms with Crippen molar-refractivity contribution in [3.63, 3.8) is 0 Å². The van der Waals surface area contributed by atoms with Crippen molar-refractivity contribution in [2.75, 3.05) is 0 Å². The summed E-state index contributed by atoms with van der Waals surface area (Å²) in [7, 11) is 0. The van der Waals surface area contributed by atoms with E-state index in [2.05, 4.69) is 17.5 Å². The molecule has 0 aromatic heterocycles. The summed E-state index contributed by atoms with van der Waals surface area (Å²) in [6.45, 7) is 0.844. The Morgan fingerprint density at radius 1 is 1.26 bits per heavy atom. The molecule has 1 saturated carbocycles. The molecular weight excluding hydrogens is 258 g/mol. The van der Waals surface area contributed by atoms with E-state index in [9.17, 15) is 0 Å². The maximum Gasteiger partial charge on any atom is 0.124 e. The van der Waals surface area contributed by atoms with Gasteiger partial charge in [0.1, 0.15) is 11.9 Å². The Bertz CT molecular complexity index is 468. The molecule has 2 aliphatic rings. The molecule has 1 atom stereocenters. The molecule has 0 amide bonds. The molecule has 0 bridgehead atoms. The summed E-state index contributed by atoms with van der Waals surface area (Å²) >= 11 is 6.09. The molecule has 0 saturated heterocycles. The Morgan fingerprint density at radius 3 is 2.89 bits per heavy atom. The third-order valence-corrected chi connectivity index (χ3v) is 3.90. The topological polar surface area (TPSA) is 21.3 Å². The highest BCUT2D eigenvalue weighted by molar-refractivity contribution is 6.30. The molecule has 3 rings (SSSR count). The zero-order valence-corrected chi connectivity index (χ0v) is 11.8. The number of nitrogens with one attached hydrogen (secondary N) is 1. The maximum absolute atomic E-state index is 6.11. The number of rotatable bonds is 5. The molecule has 0 heterocycles. The number of benzene rings is 1. The van der Waals surface area contributed by atoms with Crippen LogP contribution >= 0.6 is 11.6 Å². The SMILES string of the molecule is Clc1ccc(OC2C=CCCC2)c(CNC2CC2)c1. The van der Waals surface area contributed by atoms with Gasteiger partial charge in [-0.2, -0.15) is 0 Å². The second-order valence-corrected chi connectivity index (χ2v) is 5.86. The molecule has 1 fully saturated rings. The minimum Gasteiger partial charge on any atom is -0.486 e. The third kappa shape index (κ3) is 3.74. The average Bonchev–Trinajstić information content (AvgIpc) is 3.24. The van der Waals surface area contributed by atoms with Gasteiger partial charge in [0, 0.05) is 23.2 Å². The summed E-state index contributed by atoms with van der Waals surface area (Å²) in [6, 6.07) is 6.61. The second kappa shape index (κ2) is 5.98. The second-order valence-electron chi connectivity index (χ2n) is 5.42. The van der Waals surface area contributed by atoms with Crippen LogP contribution in [0.5, 0.6) is 5.75 Å². The highest BCUT2D eigenvalue weighted by atomic mass is 35.5. The van der Waals surface area contributed by atoms with Crippen LogP contribution in [0.4, 0.5) is 0 Å². The monoisotopic (exact) mass is 277 g/mol. The lowest BCUT2D eigenvalue weighted by Gasteiger charge is -2.21. The van der Waals surface area contributed by atoms with Crippen LogP contribution in [-0.2, 0) is 6.54 Å². The van der Waals surface area contributed by atoms with E-state index in [1.54, 1.807) is 0 Å². The molecule has 1 aromatic carbocycles. The minimum absolute atomic E-state index is 0.217. The average molecular weight is 278 g/mol. The van der Waals surface area contributed by atoms with E-state index >= 15 is 0 Å². The van der Waals surface area contributed by atoms with Gasteiger partial charge in [-0.3, -0.25) is 0 Å². The number of hydrogen-bond acceptors (Lipinski definition) is 2. The molecule has 2 nitrogen and oxygen atoms in total. The summed E-state index contributed by atoms with van der Waals surface area (Å²) in [5, 5.41) is 4.30. The number of allylic oxidation sites excluding steroid dienone is 1. The van der Waals surface area contributed by atoms with Crippen LogP contribution < -0.4 is 10.1 Å². The number of ether oxygens (including phenoxy) is 1. The van der Waals surface area contributed by atoms with Crippen LogP contribution in [0.25, 0.3) is 0 Å². The van der Waals surface area contributed by atoms with Gasteiger partial charge in [-0.15, -0.1) is 0 Å². The van der Waals surface area contributed by atoms with Gasteiger partial charge in [0.2, 0.25) is 0 Å². The van der Waals surface area contributed by atoms with Crippen molar-refractivity contribution in [3.05, 3.63) is 40.9 Å². The Balaban J connectivity index is 1.70. The maximum atomic E-state index is 6.11. The van der Waals surface area contributed by atoms with Crippen molar-refractivity contribution in [2.24, 2.45) is 0 Å². The summed E-state index contributed by atoms with van der Waals surface area (Å²) in [4.78, 5) is 0. The fourth-order valence-corrected chi connectivity index (χ4v) is 2.58. The molecule has 0 spiro atoms. The standard InChI is InChI=1S/C16H20ClNO/c17-13-6-9-16(19-15-4-2-1-3-5-15)12(10-13)11-18-14-7-8-14/h2,4,6,9-10,14-15,18H,1,3,5,7-8,11H2. The molecule has 0 radical (unpaired) electrons. The highest BCUT2D eigenvalue weighted by Crippen LogP contribution is 2.27. The van der Waals surface area contributed by atoms with E-state index in [1.165, 1.54) is 31.2 Å².